The highest BCUT2D eigenvalue weighted by Crippen LogP contribution is 2.22. The molecule has 0 aromatic heterocycles. The highest BCUT2D eigenvalue weighted by Gasteiger charge is 2.22. The second kappa shape index (κ2) is 8.13. The molecule has 1 N–H and O–H groups in total. The van der Waals surface area contributed by atoms with Gasteiger partial charge in [0, 0.05) is 0 Å². The molecule has 146 valence electrons. The Bertz CT molecular complexity index is 952. The van der Waals surface area contributed by atoms with Crippen LogP contribution >= 0.6 is 0 Å². The second-order valence-electron chi connectivity index (χ2n) is 7.19. The van der Waals surface area contributed by atoms with Crippen molar-refractivity contribution in [1.29, 1.82) is 0 Å². The van der Waals surface area contributed by atoms with E-state index in [-0.39, 0.29) is 18.5 Å². The molecule has 1 atom stereocenters. The van der Waals surface area contributed by atoms with E-state index in [1.54, 1.807) is 12.1 Å². The molecule has 2 aromatic carbocycles. The molecular formula is C21H28N2O3S. The summed E-state index contributed by atoms with van der Waals surface area (Å²) in [5.41, 5.74) is 5.82. The number of hydrogen-bond acceptors (Lipinski definition) is 3. The maximum atomic E-state index is 12.6. The van der Waals surface area contributed by atoms with Gasteiger partial charge in [-0.2, -0.15) is 0 Å². The molecule has 2 rings (SSSR count). The van der Waals surface area contributed by atoms with Gasteiger partial charge in [-0.25, -0.2) is 8.42 Å². The van der Waals surface area contributed by atoms with Crippen LogP contribution in [0, 0.1) is 27.7 Å². The molecule has 1 amide bonds. The predicted molar refractivity (Wildman–Crippen MR) is 111 cm³/mol. The minimum atomic E-state index is -3.58. The van der Waals surface area contributed by atoms with E-state index in [4.69, 9.17) is 0 Å². The van der Waals surface area contributed by atoms with Crippen LogP contribution in [0.25, 0.3) is 0 Å². The van der Waals surface area contributed by atoms with Gasteiger partial charge in [0.2, 0.25) is 15.9 Å². The molecular weight excluding hydrogens is 360 g/mol. The Labute approximate surface area is 162 Å². The Morgan fingerprint density at radius 2 is 1.67 bits per heavy atom. The number of hydrogen-bond donors (Lipinski definition) is 1. The molecule has 0 aliphatic heterocycles. The van der Waals surface area contributed by atoms with E-state index in [2.05, 4.69) is 11.4 Å². The van der Waals surface area contributed by atoms with Gasteiger partial charge in [-0.1, -0.05) is 29.8 Å². The van der Waals surface area contributed by atoms with Gasteiger partial charge in [-0.3, -0.25) is 9.10 Å². The highest BCUT2D eigenvalue weighted by molar-refractivity contribution is 7.92. The van der Waals surface area contributed by atoms with Crippen LogP contribution in [0.2, 0.25) is 0 Å². The van der Waals surface area contributed by atoms with Crippen molar-refractivity contribution in [2.75, 3.05) is 17.1 Å². The zero-order valence-electron chi connectivity index (χ0n) is 16.8. The van der Waals surface area contributed by atoms with Crippen LogP contribution in [-0.4, -0.2) is 27.1 Å². The molecule has 5 nitrogen and oxygen atoms in total. The lowest BCUT2D eigenvalue weighted by Gasteiger charge is -2.24. The number of nitrogens with zero attached hydrogens (tertiary/aromatic N) is 1. The molecule has 0 unspecified atom stereocenters. The van der Waals surface area contributed by atoms with Crippen LogP contribution in [0.1, 0.15) is 40.8 Å². The lowest BCUT2D eigenvalue weighted by Crippen LogP contribution is -2.41. The second-order valence-corrected chi connectivity index (χ2v) is 9.09. The van der Waals surface area contributed by atoms with Crippen molar-refractivity contribution in [1.82, 2.24) is 5.32 Å². The quantitative estimate of drug-likeness (QED) is 0.823. The summed E-state index contributed by atoms with van der Waals surface area (Å²) >= 11 is 0. The normalized spacial score (nSPS) is 12.5. The molecule has 0 radical (unpaired) electrons. The maximum Gasteiger partial charge on any atom is 0.241 e. The van der Waals surface area contributed by atoms with Crippen LogP contribution < -0.4 is 9.62 Å². The number of nitrogens with one attached hydrogen (secondary N) is 1. The van der Waals surface area contributed by atoms with Crippen molar-refractivity contribution in [3.8, 4) is 0 Å². The van der Waals surface area contributed by atoms with Gasteiger partial charge >= 0.3 is 0 Å². The molecule has 2 aromatic rings. The van der Waals surface area contributed by atoms with Crippen LogP contribution in [0.4, 0.5) is 5.69 Å². The summed E-state index contributed by atoms with van der Waals surface area (Å²) in [6.07, 6.45) is 1.11. The van der Waals surface area contributed by atoms with Gasteiger partial charge in [-0.05, 0) is 69.0 Å². The maximum absolute atomic E-state index is 12.6. The predicted octanol–water partition coefficient (Wildman–Crippen LogP) is 3.56. The Balaban J connectivity index is 2.20. The van der Waals surface area contributed by atoms with Crippen LogP contribution in [-0.2, 0) is 14.8 Å². The summed E-state index contributed by atoms with van der Waals surface area (Å²) < 4.78 is 25.7. The van der Waals surface area contributed by atoms with Gasteiger partial charge < -0.3 is 5.32 Å². The molecule has 0 saturated heterocycles. The van der Waals surface area contributed by atoms with E-state index in [0.717, 1.165) is 38.4 Å². The first-order valence-corrected chi connectivity index (χ1v) is 10.8. The summed E-state index contributed by atoms with van der Waals surface area (Å²) in [5.74, 6) is -0.342. The molecule has 0 fully saturated rings. The molecule has 0 saturated carbocycles. The lowest BCUT2D eigenvalue weighted by atomic mass is 10.0. The zero-order chi connectivity index (χ0) is 20.4. The van der Waals surface area contributed by atoms with Crippen molar-refractivity contribution in [3.05, 3.63) is 64.2 Å². The summed E-state index contributed by atoms with van der Waals surface area (Å²) in [7, 11) is -3.58. The Hall–Kier alpha value is -2.34. The van der Waals surface area contributed by atoms with Gasteiger partial charge in [0.15, 0.2) is 0 Å². The zero-order valence-corrected chi connectivity index (χ0v) is 17.6. The van der Waals surface area contributed by atoms with Gasteiger partial charge in [0.25, 0.3) is 0 Å². The fourth-order valence-corrected chi connectivity index (χ4v) is 3.94. The number of anilines is 1. The number of amides is 1. The fraction of sp³-hybridized carbons (Fsp3) is 0.381. The van der Waals surface area contributed by atoms with Crippen molar-refractivity contribution in [3.63, 3.8) is 0 Å². The van der Waals surface area contributed by atoms with Crippen LogP contribution in [0.5, 0.6) is 0 Å². The number of sulfonamides is 1. The van der Waals surface area contributed by atoms with Crippen molar-refractivity contribution in [2.24, 2.45) is 0 Å². The molecule has 0 spiro atoms. The monoisotopic (exact) mass is 388 g/mol. The minimum Gasteiger partial charge on any atom is -0.348 e. The minimum absolute atomic E-state index is 0.209. The Morgan fingerprint density at radius 3 is 2.22 bits per heavy atom. The first-order valence-electron chi connectivity index (χ1n) is 8.90. The summed E-state index contributed by atoms with van der Waals surface area (Å²) in [6, 6.07) is 11.2. The van der Waals surface area contributed by atoms with Gasteiger partial charge in [0.05, 0.1) is 18.0 Å². The third kappa shape index (κ3) is 5.32. The fourth-order valence-electron chi connectivity index (χ4n) is 3.09. The van der Waals surface area contributed by atoms with E-state index in [1.807, 2.05) is 52.8 Å². The van der Waals surface area contributed by atoms with E-state index in [0.29, 0.717) is 5.69 Å². The Morgan fingerprint density at radius 1 is 1.00 bits per heavy atom. The molecule has 0 heterocycles. The average Bonchev–Trinajstić information content (AvgIpc) is 2.54. The first kappa shape index (κ1) is 21.0. The third-order valence-electron chi connectivity index (χ3n) is 4.74. The number of carbonyl (C=O) groups is 1. The van der Waals surface area contributed by atoms with E-state index in [1.165, 1.54) is 0 Å². The number of rotatable bonds is 6. The summed E-state index contributed by atoms with van der Waals surface area (Å²) in [4.78, 5) is 12.6. The van der Waals surface area contributed by atoms with Crippen LogP contribution in [0.15, 0.2) is 36.4 Å². The third-order valence-corrected chi connectivity index (χ3v) is 5.88. The number of benzene rings is 2. The highest BCUT2D eigenvalue weighted by atomic mass is 32.2. The topological polar surface area (TPSA) is 66.5 Å². The van der Waals surface area contributed by atoms with Crippen molar-refractivity contribution < 1.29 is 13.2 Å². The summed E-state index contributed by atoms with van der Waals surface area (Å²) in [6.45, 7) is 9.55. The van der Waals surface area contributed by atoms with Crippen LogP contribution in [0.3, 0.4) is 0 Å². The largest absolute Gasteiger partial charge is 0.348 e. The van der Waals surface area contributed by atoms with Gasteiger partial charge in [0.1, 0.15) is 6.54 Å². The molecule has 27 heavy (non-hydrogen) atoms. The smallest absolute Gasteiger partial charge is 0.241 e. The summed E-state index contributed by atoms with van der Waals surface area (Å²) in [5, 5.41) is 2.91. The van der Waals surface area contributed by atoms with E-state index >= 15 is 0 Å². The molecule has 0 bridgehead atoms. The first-order chi connectivity index (χ1) is 12.5. The Kier molecular flexibility index (Phi) is 6.31. The molecule has 6 heteroatoms. The molecule has 0 aliphatic rings. The SMILES string of the molecule is Cc1ccc([C@@H](C)NC(=O)CN(c2ccc(C)c(C)c2)S(C)(=O)=O)c(C)c1. The van der Waals surface area contributed by atoms with Crippen molar-refractivity contribution in [2.45, 2.75) is 40.7 Å². The number of carbonyl (C=O) groups excluding carboxylic acids is 1. The van der Waals surface area contributed by atoms with E-state index < -0.39 is 10.0 Å². The van der Waals surface area contributed by atoms with E-state index in [9.17, 15) is 13.2 Å². The number of aryl methyl sites for hydroxylation is 4. The van der Waals surface area contributed by atoms with Crippen molar-refractivity contribution >= 4 is 21.6 Å². The van der Waals surface area contributed by atoms with Gasteiger partial charge in [-0.15, -0.1) is 0 Å². The average molecular weight is 389 g/mol. The lowest BCUT2D eigenvalue weighted by molar-refractivity contribution is -0.120. The standard InChI is InChI=1S/C21H28N2O3S/c1-14-7-10-20(17(4)11-14)18(5)22-21(24)13-23(27(6,25)26)19-9-8-15(2)16(3)12-19/h7-12,18H,13H2,1-6H3,(H,22,24)/t18-/m1/s1. The molecule has 0 aliphatic carbocycles.